The summed E-state index contributed by atoms with van der Waals surface area (Å²) in [4.78, 5) is 11.1. The fourth-order valence-corrected chi connectivity index (χ4v) is 4.59. The van der Waals surface area contributed by atoms with E-state index >= 15 is 0 Å². The Labute approximate surface area is 215 Å². The third-order valence-electron chi connectivity index (χ3n) is 6.58. The topological polar surface area (TPSA) is 82.1 Å². The Morgan fingerprint density at radius 2 is 1.81 bits per heavy atom. The Bertz CT molecular complexity index is 1470. The Hall–Kier alpha value is -3.85. The van der Waals surface area contributed by atoms with Gasteiger partial charge >= 0.3 is 5.97 Å². The Morgan fingerprint density at radius 3 is 2.43 bits per heavy atom. The molecule has 2 heterocycles. The van der Waals surface area contributed by atoms with Gasteiger partial charge in [0.15, 0.2) is 6.20 Å². The van der Waals surface area contributed by atoms with E-state index in [-0.39, 0.29) is 16.1 Å². The molecule has 0 radical (unpaired) electrons. The van der Waals surface area contributed by atoms with Crippen LogP contribution in [0.4, 0.5) is 13.2 Å². The van der Waals surface area contributed by atoms with Crippen molar-refractivity contribution >= 4 is 17.6 Å². The maximum atomic E-state index is 14.8. The molecule has 0 bridgehead atoms. The first-order valence-electron chi connectivity index (χ1n) is 11.6. The van der Waals surface area contributed by atoms with Crippen LogP contribution in [0.15, 0.2) is 67.1 Å². The van der Waals surface area contributed by atoms with E-state index in [4.69, 9.17) is 16.7 Å². The predicted molar refractivity (Wildman–Crippen MR) is 131 cm³/mol. The van der Waals surface area contributed by atoms with Crippen LogP contribution >= 0.6 is 11.6 Å². The number of aromatic carboxylic acids is 1. The van der Waals surface area contributed by atoms with Gasteiger partial charge in [0, 0.05) is 29.0 Å². The van der Waals surface area contributed by atoms with E-state index in [2.05, 4.69) is 5.10 Å². The molecule has 0 unspecified atom stereocenters. The summed E-state index contributed by atoms with van der Waals surface area (Å²) >= 11 is 5.84. The van der Waals surface area contributed by atoms with E-state index in [9.17, 15) is 23.2 Å². The molecular weight excluding hydrogens is 507 g/mol. The van der Waals surface area contributed by atoms with E-state index < -0.39 is 35.4 Å². The normalized spacial score (nSPS) is 14.2. The standard InChI is InChI=1S/C27H21ClF3N3O3/c28-21-9-8-20(26(30)31)24(25(21)29)18-7-10-22(34(37)14-18)23(11-15-1-2-15)33-13-19(12-32-33)16-3-5-17(6-4-16)27(35)36/h3-10,12-15,23,26H,1-2,11H2,(H,35,36)/t23-/m0/s1. The van der Waals surface area contributed by atoms with Crippen molar-refractivity contribution < 1.29 is 27.8 Å². The van der Waals surface area contributed by atoms with Gasteiger partial charge in [-0.15, -0.1) is 0 Å². The first-order chi connectivity index (χ1) is 17.7. The molecular formula is C27H21ClF3N3O3. The van der Waals surface area contributed by atoms with Gasteiger partial charge in [0.1, 0.15) is 11.9 Å². The van der Waals surface area contributed by atoms with Crippen LogP contribution in [-0.2, 0) is 0 Å². The molecule has 0 aliphatic heterocycles. The molecule has 190 valence electrons. The summed E-state index contributed by atoms with van der Waals surface area (Å²) in [6.45, 7) is 0. The van der Waals surface area contributed by atoms with Crippen LogP contribution in [0.2, 0.25) is 5.02 Å². The van der Waals surface area contributed by atoms with E-state index in [1.165, 1.54) is 24.3 Å². The summed E-state index contributed by atoms with van der Waals surface area (Å²) in [5.41, 5.74) is 1.07. The Balaban J connectivity index is 1.51. The van der Waals surface area contributed by atoms with Crippen LogP contribution in [0.5, 0.6) is 0 Å². The molecule has 6 nitrogen and oxygen atoms in total. The van der Waals surface area contributed by atoms with Gasteiger partial charge in [0.05, 0.1) is 22.3 Å². The Kier molecular flexibility index (Phi) is 6.64. The van der Waals surface area contributed by atoms with Crippen molar-refractivity contribution in [3.8, 4) is 22.3 Å². The van der Waals surface area contributed by atoms with Gasteiger partial charge in [-0.1, -0.05) is 42.6 Å². The lowest BCUT2D eigenvalue weighted by molar-refractivity contribution is -0.615. The molecule has 37 heavy (non-hydrogen) atoms. The Morgan fingerprint density at radius 1 is 1.11 bits per heavy atom. The number of carboxylic acid groups (broad SMARTS) is 1. The van der Waals surface area contributed by atoms with Gasteiger partial charge in [-0.25, -0.2) is 18.0 Å². The fourth-order valence-electron chi connectivity index (χ4n) is 4.44. The fraction of sp³-hybridized carbons (Fsp3) is 0.222. The lowest BCUT2D eigenvalue weighted by atomic mass is 9.99. The van der Waals surface area contributed by atoms with Crippen LogP contribution in [0.1, 0.15) is 53.3 Å². The molecule has 1 aliphatic carbocycles. The number of hydrogen-bond acceptors (Lipinski definition) is 3. The second-order valence-corrected chi connectivity index (χ2v) is 9.49. The summed E-state index contributed by atoms with van der Waals surface area (Å²) < 4.78 is 44.1. The molecule has 1 atom stereocenters. The maximum Gasteiger partial charge on any atom is 0.335 e. The molecule has 2 aromatic carbocycles. The van der Waals surface area contributed by atoms with Crippen LogP contribution < -0.4 is 4.73 Å². The molecule has 4 aromatic rings. The van der Waals surface area contributed by atoms with Gasteiger partial charge in [-0.2, -0.15) is 9.83 Å². The van der Waals surface area contributed by atoms with E-state index in [1.54, 1.807) is 29.2 Å². The second-order valence-electron chi connectivity index (χ2n) is 9.08. The zero-order valence-corrected chi connectivity index (χ0v) is 20.1. The summed E-state index contributed by atoms with van der Waals surface area (Å²) in [5.74, 6) is -1.61. The highest BCUT2D eigenvalue weighted by Gasteiger charge is 2.32. The third kappa shape index (κ3) is 5.04. The number of rotatable bonds is 8. The number of benzene rings is 2. The molecule has 2 aromatic heterocycles. The van der Waals surface area contributed by atoms with Crippen LogP contribution in [0.3, 0.4) is 0 Å². The highest BCUT2D eigenvalue weighted by Crippen LogP contribution is 2.40. The number of carbonyl (C=O) groups is 1. The smallest absolute Gasteiger partial charge is 0.335 e. The van der Waals surface area contributed by atoms with Crippen molar-refractivity contribution in [3.05, 3.63) is 100.0 Å². The van der Waals surface area contributed by atoms with Gasteiger partial charge in [-0.05, 0) is 42.2 Å². The second kappa shape index (κ2) is 9.89. The first kappa shape index (κ1) is 24.8. The molecule has 0 spiro atoms. The molecule has 5 rings (SSSR count). The third-order valence-corrected chi connectivity index (χ3v) is 6.87. The molecule has 10 heteroatoms. The highest BCUT2D eigenvalue weighted by atomic mass is 35.5. The highest BCUT2D eigenvalue weighted by molar-refractivity contribution is 6.31. The number of nitrogens with zero attached hydrogens (tertiary/aromatic N) is 3. The summed E-state index contributed by atoms with van der Waals surface area (Å²) in [7, 11) is 0. The van der Waals surface area contributed by atoms with Crippen molar-refractivity contribution in [1.82, 2.24) is 9.78 Å². The van der Waals surface area contributed by atoms with Crippen LogP contribution in [0, 0.1) is 16.9 Å². The number of halogens is 4. The maximum absolute atomic E-state index is 14.8. The largest absolute Gasteiger partial charge is 0.618 e. The van der Waals surface area contributed by atoms with Gasteiger partial charge in [-0.3, -0.25) is 4.68 Å². The predicted octanol–water partition coefficient (Wildman–Crippen LogP) is 6.67. The molecule has 0 amide bonds. The van der Waals surface area contributed by atoms with Crippen LogP contribution in [-0.4, -0.2) is 20.9 Å². The number of aromatic nitrogens is 3. The molecule has 1 fully saturated rings. The van der Waals surface area contributed by atoms with E-state index in [0.717, 1.165) is 42.3 Å². The summed E-state index contributed by atoms with van der Waals surface area (Å²) in [6, 6.07) is 11.0. The van der Waals surface area contributed by atoms with Gasteiger partial charge in [0.2, 0.25) is 5.69 Å². The zero-order valence-electron chi connectivity index (χ0n) is 19.3. The minimum atomic E-state index is -2.95. The van der Waals surface area contributed by atoms with Crippen LogP contribution in [0.25, 0.3) is 22.3 Å². The SMILES string of the molecule is O=C(O)c1ccc(-c2cnn([C@@H](CC3CC3)c3ccc(-c4c(C(F)F)ccc(Cl)c4F)c[n+]3[O-])c2)cc1. The average Bonchev–Trinajstić information content (AvgIpc) is 3.57. The van der Waals surface area contributed by atoms with Crippen molar-refractivity contribution in [2.75, 3.05) is 0 Å². The van der Waals surface area contributed by atoms with Crippen molar-refractivity contribution in [2.45, 2.75) is 31.7 Å². The van der Waals surface area contributed by atoms with E-state index in [1.807, 2.05) is 0 Å². The number of pyridine rings is 1. The quantitative estimate of drug-likeness (QED) is 0.205. The summed E-state index contributed by atoms with van der Waals surface area (Å²) in [5, 5.41) is 26.4. The first-order valence-corrected chi connectivity index (χ1v) is 12.0. The lowest BCUT2D eigenvalue weighted by Gasteiger charge is -2.18. The molecule has 1 aliphatic rings. The van der Waals surface area contributed by atoms with E-state index in [0.29, 0.717) is 22.8 Å². The monoisotopic (exact) mass is 527 g/mol. The van der Waals surface area contributed by atoms with Gasteiger partial charge in [0.25, 0.3) is 6.43 Å². The lowest BCUT2D eigenvalue weighted by Crippen LogP contribution is -2.35. The van der Waals surface area contributed by atoms with Crippen molar-refractivity contribution in [2.24, 2.45) is 5.92 Å². The van der Waals surface area contributed by atoms with Gasteiger partial charge < -0.3 is 10.3 Å². The zero-order chi connectivity index (χ0) is 26.3. The van der Waals surface area contributed by atoms with Crippen molar-refractivity contribution in [3.63, 3.8) is 0 Å². The number of carboxylic acids is 1. The number of alkyl halides is 2. The molecule has 1 N–H and O–H groups in total. The molecule has 1 saturated carbocycles. The minimum absolute atomic E-state index is 0.00102. The summed E-state index contributed by atoms with van der Waals surface area (Å²) in [6.07, 6.45) is 4.26. The van der Waals surface area contributed by atoms with Crippen molar-refractivity contribution in [1.29, 1.82) is 0 Å². The minimum Gasteiger partial charge on any atom is -0.618 e. The number of hydrogen-bond donors (Lipinski definition) is 1. The molecule has 0 saturated heterocycles. The average molecular weight is 528 g/mol.